The fourth-order valence-electron chi connectivity index (χ4n) is 2.07. The van der Waals surface area contributed by atoms with Crippen LogP contribution in [0.25, 0.3) is 0 Å². The van der Waals surface area contributed by atoms with Crippen LogP contribution in [0.15, 0.2) is 24.3 Å². The van der Waals surface area contributed by atoms with Crippen molar-refractivity contribution in [3.05, 3.63) is 46.0 Å². The van der Waals surface area contributed by atoms with Gasteiger partial charge in [-0.15, -0.1) is 0 Å². The number of hydrogen-bond donors (Lipinski definition) is 2. The Balaban J connectivity index is 2.17. The molecule has 2 aromatic rings. The number of carbonyl (C=O) groups is 2. The minimum absolute atomic E-state index is 0.125. The van der Waals surface area contributed by atoms with E-state index in [0.29, 0.717) is 0 Å². The third-order valence-electron chi connectivity index (χ3n) is 3.21. The molecule has 2 amide bonds. The van der Waals surface area contributed by atoms with Gasteiger partial charge in [0.25, 0.3) is 5.91 Å². The van der Waals surface area contributed by atoms with Crippen molar-refractivity contribution in [2.45, 2.75) is 26.4 Å². The number of ether oxygens (including phenoxy) is 1. The predicted octanol–water partition coefficient (Wildman–Crippen LogP) is 5.07. The molecule has 2 rings (SSSR count). The van der Waals surface area contributed by atoms with Gasteiger partial charge in [0.1, 0.15) is 22.3 Å². The highest BCUT2D eigenvalue weighted by Crippen LogP contribution is 2.26. The molecule has 0 fully saturated rings. The largest absolute Gasteiger partial charge is 0.444 e. The molecule has 0 spiro atoms. The summed E-state index contributed by atoms with van der Waals surface area (Å²) in [7, 11) is 1.59. The maximum Gasteiger partial charge on any atom is 0.412 e. The number of amides is 2. The molecule has 1 aromatic heterocycles. The van der Waals surface area contributed by atoms with E-state index >= 15 is 0 Å². The zero-order valence-corrected chi connectivity index (χ0v) is 16.1. The van der Waals surface area contributed by atoms with E-state index < -0.39 is 23.4 Å². The summed E-state index contributed by atoms with van der Waals surface area (Å²) in [6.07, 6.45) is -0.805. The fourth-order valence-corrected chi connectivity index (χ4v) is 2.44. The van der Waals surface area contributed by atoms with Gasteiger partial charge in [-0.05, 0) is 45.0 Å². The number of anilines is 2. The van der Waals surface area contributed by atoms with Crippen molar-refractivity contribution in [2.24, 2.45) is 7.05 Å². The van der Waals surface area contributed by atoms with Gasteiger partial charge in [-0.1, -0.05) is 23.2 Å². The third kappa shape index (κ3) is 4.89. The second-order valence-corrected chi connectivity index (χ2v) is 7.27. The summed E-state index contributed by atoms with van der Waals surface area (Å²) in [4.78, 5) is 24.2. The Labute approximate surface area is 160 Å². The van der Waals surface area contributed by atoms with Crippen LogP contribution in [0, 0.1) is 5.82 Å². The lowest BCUT2D eigenvalue weighted by Gasteiger charge is -2.20. The van der Waals surface area contributed by atoms with Crippen LogP contribution in [0.4, 0.5) is 20.6 Å². The molecule has 2 N–H and O–H groups in total. The van der Waals surface area contributed by atoms with Crippen LogP contribution in [0.5, 0.6) is 0 Å². The average Bonchev–Trinajstić information content (AvgIpc) is 2.76. The quantitative estimate of drug-likeness (QED) is 0.753. The van der Waals surface area contributed by atoms with Crippen molar-refractivity contribution in [1.29, 1.82) is 0 Å². The van der Waals surface area contributed by atoms with E-state index in [0.717, 1.165) is 6.07 Å². The van der Waals surface area contributed by atoms with Gasteiger partial charge in [-0.2, -0.15) is 0 Å². The molecule has 1 aromatic carbocycles. The van der Waals surface area contributed by atoms with Gasteiger partial charge in [0, 0.05) is 12.7 Å². The molecule has 1 heterocycles. The molecule has 0 aliphatic carbocycles. The lowest BCUT2D eigenvalue weighted by molar-refractivity contribution is 0.0635. The minimum Gasteiger partial charge on any atom is -0.444 e. The zero-order valence-electron chi connectivity index (χ0n) is 14.6. The molecule has 0 saturated carbocycles. The monoisotopic (exact) mass is 401 g/mol. The van der Waals surface area contributed by atoms with Crippen LogP contribution < -0.4 is 10.6 Å². The van der Waals surface area contributed by atoms with Crippen molar-refractivity contribution in [3.8, 4) is 0 Å². The van der Waals surface area contributed by atoms with Gasteiger partial charge in [-0.25, -0.2) is 9.18 Å². The Morgan fingerprint density at radius 3 is 2.35 bits per heavy atom. The molecule has 140 valence electrons. The predicted molar refractivity (Wildman–Crippen MR) is 99.6 cm³/mol. The maximum absolute atomic E-state index is 13.9. The summed E-state index contributed by atoms with van der Waals surface area (Å²) in [5.41, 5.74) is -0.348. The van der Waals surface area contributed by atoms with Gasteiger partial charge in [0.2, 0.25) is 0 Å². The van der Waals surface area contributed by atoms with Crippen molar-refractivity contribution >= 4 is 46.6 Å². The molecule has 0 unspecified atom stereocenters. The first-order chi connectivity index (χ1) is 12.0. The summed E-state index contributed by atoms with van der Waals surface area (Å²) in [6.45, 7) is 5.07. The van der Waals surface area contributed by atoms with E-state index in [1.165, 1.54) is 22.8 Å². The van der Waals surface area contributed by atoms with Crippen LogP contribution >= 0.6 is 23.2 Å². The topological polar surface area (TPSA) is 72.4 Å². The van der Waals surface area contributed by atoms with Crippen LogP contribution in [-0.2, 0) is 11.8 Å². The summed E-state index contributed by atoms with van der Waals surface area (Å²) in [5.74, 6) is -1.16. The van der Waals surface area contributed by atoms with E-state index in [1.54, 1.807) is 27.8 Å². The van der Waals surface area contributed by atoms with Crippen molar-refractivity contribution in [1.82, 2.24) is 4.57 Å². The molecular formula is C17H18Cl2FN3O3. The summed E-state index contributed by atoms with van der Waals surface area (Å²) < 4.78 is 20.4. The number of benzene rings is 1. The molecular weight excluding hydrogens is 384 g/mol. The number of aromatic nitrogens is 1. The fraction of sp³-hybridized carbons (Fsp3) is 0.294. The van der Waals surface area contributed by atoms with Gasteiger partial charge in [0.15, 0.2) is 0 Å². The normalized spacial score (nSPS) is 11.2. The van der Waals surface area contributed by atoms with Gasteiger partial charge in [0.05, 0.1) is 10.7 Å². The third-order valence-corrected chi connectivity index (χ3v) is 4.05. The summed E-state index contributed by atoms with van der Waals surface area (Å²) in [6, 6.07) is 5.18. The van der Waals surface area contributed by atoms with E-state index in [-0.39, 0.29) is 27.2 Å². The molecule has 0 saturated heterocycles. The van der Waals surface area contributed by atoms with Crippen LogP contribution in [0.3, 0.4) is 0 Å². The van der Waals surface area contributed by atoms with E-state index in [2.05, 4.69) is 10.6 Å². The molecule has 9 heteroatoms. The van der Waals surface area contributed by atoms with Crippen molar-refractivity contribution in [3.63, 3.8) is 0 Å². The first-order valence-electron chi connectivity index (χ1n) is 7.59. The highest BCUT2D eigenvalue weighted by molar-refractivity contribution is 6.42. The first kappa shape index (κ1) is 20.1. The van der Waals surface area contributed by atoms with Crippen LogP contribution in [0.1, 0.15) is 31.3 Å². The Kier molecular flexibility index (Phi) is 5.83. The molecule has 6 nitrogen and oxygen atoms in total. The SMILES string of the molecule is Cn1c(C(=O)Nc2ccc(F)c(NC(=O)OC(C)(C)C)c2)cc(Cl)c1Cl. The number of halogens is 3. The molecule has 0 aliphatic heterocycles. The Bertz CT molecular complexity index is 860. The van der Waals surface area contributed by atoms with Crippen molar-refractivity contribution < 1.29 is 18.7 Å². The molecule has 26 heavy (non-hydrogen) atoms. The molecule has 0 aliphatic rings. The Hall–Kier alpha value is -2.25. The zero-order chi connectivity index (χ0) is 19.6. The average molecular weight is 402 g/mol. The number of nitrogens with one attached hydrogen (secondary N) is 2. The van der Waals surface area contributed by atoms with E-state index in [9.17, 15) is 14.0 Å². The molecule has 0 radical (unpaired) electrons. The lowest BCUT2D eigenvalue weighted by Crippen LogP contribution is -2.27. The highest BCUT2D eigenvalue weighted by atomic mass is 35.5. The van der Waals surface area contributed by atoms with Gasteiger partial charge >= 0.3 is 6.09 Å². The van der Waals surface area contributed by atoms with E-state index in [1.807, 2.05) is 0 Å². The second kappa shape index (κ2) is 7.55. The second-order valence-electron chi connectivity index (χ2n) is 6.50. The number of nitrogens with zero attached hydrogens (tertiary/aromatic N) is 1. The van der Waals surface area contributed by atoms with E-state index in [4.69, 9.17) is 27.9 Å². The van der Waals surface area contributed by atoms with Gasteiger partial charge < -0.3 is 14.6 Å². The lowest BCUT2D eigenvalue weighted by atomic mass is 10.2. The first-order valence-corrected chi connectivity index (χ1v) is 8.35. The molecule has 0 bridgehead atoms. The maximum atomic E-state index is 13.9. The number of carbonyl (C=O) groups excluding carboxylic acids is 2. The summed E-state index contributed by atoms with van der Waals surface area (Å²) in [5, 5.41) is 5.37. The molecule has 0 atom stereocenters. The van der Waals surface area contributed by atoms with Crippen molar-refractivity contribution in [2.75, 3.05) is 10.6 Å². The smallest absolute Gasteiger partial charge is 0.412 e. The highest BCUT2D eigenvalue weighted by Gasteiger charge is 2.19. The van der Waals surface area contributed by atoms with Crippen LogP contribution in [-0.4, -0.2) is 22.2 Å². The number of rotatable bonds is 3. The standard InChI is InChI=1S/C17H18Cl2FN3O3/c1-17(2,3)26-16(25)22-12-7-9(5-6-11(12)20)21-15(24)13-8-10(18)14(19)23(13)4/h5-8H,1-4H3,(H,21,24)(H,22,25). The van der Waals surface area contributed by atoms with Crippen LogP contribution in [0.2, 0.25) is 10.2 Å². The van der Waals surface area contributed by atoms with Gasteiger partial charge in [-0.3, -0.25) is 10.1 Å². The number of hydrogen-bond acceptors (Lipinski definition) is 3. The Morgan fingerprint density at radius 1 is 1.15 bits per heavy atom. The Morgan fingerprint density at radius 2 is 1.81 bits per heavy atom. The summed E-state index contributed by atoms with van der Waals surface area (Å²) >= 11 is 11.8. The minimum atomic E-state index is -0.805.